The topological polar surface area (TPSA) is 32.3 Å². The summed E-state index contributed by atoms with van der Waals surface area (Å²) in [5, 5.41) is 2.89. The summed E-state index contributed by atoms with van der Waals surface area (Å²) >= 11 is 0. The molecule has 0 saturated heterocycles. The minimum Gasteiger partial charge on any atom is -0.324 e. The van der Waals surface area contributed by atoms with Crippen molar-refractivity contribution in [3.8, 4) is 0 Å². The van der Waals surface area contributed by atoms with Crippen LogP contribution >= 0.6 is 0 Å². The summed E-state index contributed by atoms with van der Waals surface area (Å²) in [7, 11) is 1.64. The Bertz CT molecular complexity index is 767. The average molecular weight is 364 g/mol. The van der Waals surface area contributed by atoms with Gasteiger partial charge in [0.05, 0.1) is 11.6 Å². The van der Waals surface area contributed by atoms with E-state index >= 15 is 0 Å². The zero-order valence-corrected chi connectivity index (χ0v) is 15.3. The van der Waals surface area contributed by atoms with Crippen molar-refractivity contribution in [3.63, 3.8) is 0 Å². The molecular weight excluding hydrogens is 341 g/mol. The number of carbonyl (C=O) groups excluding carboxylic acids is 1. The lowest BCUT2D eigenvalue weighted by atomic mass is 10.1. The van der Waals surface area contributed by atoms with Crippen molar-refractivity contribution in [2.24, 2.45) is 0 Å². The number of halogens is 3. The molecule has 1 N–H and O–H groups in total. The van der Waals surface area contributed by atoms with Crippen LogP contribution < -0.4 is 5.32 Å². The number of hydrogen-bond acceptors (Lipinski definition) is 2. The summed E-state index contributed by atoms with van der Waals surface area (Å²) in [5.74, 6) is -0.255. The Morgan fingerprint density at radius 2 is 1.65 bits per heavy atom. The van der Waals surface area contributed by atoms with Gasteiger partial charge in [-0.1, -0.05) is 36.4 Å². The fourth-order valence-corrected chi connectivity index (χ4v) is 2.78. The van der Waals surface area contributed by atoms with Crippen LogP contribution in [0.4, 0.5) is 18.9 Å². The second-order valence-electron chi connectivity index (χ2n) is 6.50. The number of nitrogens with one attached hydrogen (secondary N) is 1. The fourth-order valence-electron chi connectivity index (χ4n) is 2.78. The van der Waals surface area contributed by atoms with Crippen LogP contribution in [-0.2, 0) is 17.5 Å². The molecule has 1 amide bonds. The van der Waals surface area contributed by atoms with Gasteiger partial charge in [-0.05, 0) is 50.6 Å². The highest BCUT2D eigenvalue weighted by molar-refractivity contribution is 5.95. The van der Waals surface area contributed by atoms with Gasteiger partial charge in [0.15, 0.2) is 0 Å². The Labute approximate surface area is 151 Å². The number of anilines is 1. The summed E-state index contributed by atoms with van der Waals surface area (Å²) in [6.45, 7) is 5.50. The van der Waals surface area contributed by atoms with Crippen LogP contribution in [0.3, 0.4) is 0 Å². The van der Waals surface area contributed by atoms with Gasteiger partial charge in [-0.15, -0.1) is 0 Å². The number of likely N-dealkylation sites (N-methyl/N-ethyl adjacent to an activating group) is 1. The van der Waals surface area contributed by atoms with Crippen molar-refractivity contribution in [1.82, 2.24) is 4.90 Å². The highest BCUT2D eigenvalue weighted by atomic mass is 19.4. The van der Waals surface area contributed by atoms with Gasteiger partial charge in [-0.3, -0.25) is 9.69 Å². The van der Waals surface area contributed by atoms with E-state index in [1.165, 1.54) is 12.1 Å². The van der Waals surface area contributed by atoms with Crippen molar-refractivity contribution in [2.75, 3.05) is 12.4 Å². The van der Waals surface area contributed by atoms with E-state index < -0.39 is 17.8 Å². The standard InChI is InChI=1S/C20H23F3N2O/c1-13-8-7-9-14(2)18(13)24-19(26)15(3)25(4)12-16-10-5-6-11-17(16)20(21,22)23/h5-11,15H,12H2,1-4H3,(H,24,26). The molecule has 2 aromatic carbocycles. The lowest BCUT2D eigenvalue weighted by Crippen LogP contribution is -2.39. The number of aryl methyl sites for hydroxylation is 2. The minimum atomic E-state index is -4.42. The monoisotopic (exact) mass is 364 g/mol. The summed E-state index contributed by atoms with van der Waals surface area (Å²) < 4.78 is 39.4. The van der Waals surface area contributed by atoms with E-state index in [1.807, 2.05) is 32.0 Å². The Balaban J connectivity index is 2.13. The Morgan fingerprint density at radius 3 is 2.23 bits per heavy atom. The lowest BCUT2D eigenvalue weighted by Gasteiger charge is -2.26. The predicted octanol–water partition coefficient (Wildman–Crippen LogP) is 4.78. The van der Waals surface area contributed by atoms with E-state index in [0.717, 1.165) is 22.9 Å². The van der Waals surface area contributed by atoms with Gasteiger partial charge in [0.1, 0.15) is 0 Å². The highest BCUT2D eigenvalue weighted by Gasteiger charge is 2.33. The molecule has 0 fully saturated rings. The van der Waals surface area contributed by atoms with Gasteiger partial charge in [-0.25, -0.2) is 0 Å². The normalized spacial score (nSPS) is 12.9. The smallest absolute Gasteiger partial charge is 0.324 e. The molecule has 0 bridgehead atoms. The molecule has 26 heavy (non-hydrogen) atoms. The molecule has 0 aliphatic carbocycles. The molecule has 3 nitrogen and oxygen atoms in total. The number of rotatable bonds is 5. The maximum Gasteiger partial charge on any atom is 0.416 e. The molecule has 0 aliphatic rings. The average Bonchev–Trinajstić information content (AvgIpc) is 2.57. The van der Waals surface area contributed by atoms with Crippen LogP contribution in [0.5, 0.6) is 0 Å². The molecule has 1 atom stereocenters. The zero-order chi connectivity index (χ0) is 19.5. The summed E-state index contributed by atoms with van der Waals surface area (Å²) in [5.41, 5.74) is 2.10. The van der Waals surface area contributed by atoms with Gasteiger partial charge in [0.2, 0.25) is 5.91 Å². The van der Waals surface area contributed by atoms with Crippen molar-refractivity contribution >= 4 is 11.6 Å². The van der Waals surface area contributed by atoms with Gasteiger partial charge in [0, 0.05) is 12.2 Å². The van der Waals surface area contributed by atoms with E-state index in [1.54, 1.807) is 24.9 Å². The van der Waals surface area contributed by atoms with E-state index in [-0.39, 0.29) is 18.0 Å². The number of amides is 1. The number of carbonyl (C=O) groups is 1. The third kappa shape index (κ3) is 4.64. The second-order valence-corrected chi connectivity index (χ2v) is 6.50. The molecule has 6 heteroatoms. The lowest BCUT2D eigenvalue weighted by molar-refractivity contribution is -0.138. The summed E-state index contributed by atoms with van der Waals surface area (Å²) in [4.78, 5) is 14.2. The van der Waals surface area contributed by atoms with Crippen molar-refractivity contribution in [3.05, 3.63) is 64.7 Å². The third-order valence-corrected chi connectivity index (χ3v) is 4.51. The maximum atomic E-state index is 13.1. The van der Waals surface area contributed by atoms with Crippen LogP contribution in [0.2, 0.25) is 0 Å². The molecule has 0 aromatic heterocycles. The molecule has 2 rings (SSSR count). The maximum absolute atomic E-state index is 13.1. The molecule has 140 valence electrons. The molecule has 0 heterocycles. The molecule has 0 aliphatic heterocycles. The number of para-hydroxylation sites is 1. The SMILES string of the molecule is Cc1cccc(C)c1NC(=O)C(C)N(C)Cc1ccccc1C(F)(F)F. The summed E-state index contributed by atoms with van der Waals surface area (Å²) in [6.07, 6.45) is -4.42. The number of benzene rings is 2. The molecule has 0 spiro atoms. The highest BCUT2D eigenvalue weighted by Crippen LogP contribution is 2.32. The molecular formula is C20H23F3N2O. The van der Waals surface area contributed by atoms with Gasteiger partial charge < -0.3 is 5.32 Å². The van der Waals surface area contributed by atoms with Gasteiger partial charge in [0.25, 0.3) is 0 Å². The first-order chi connectivity index (χ1) is 12.1. The fraction of sp³-hybridized carbons (Fsp3) is 0.350. The Kier molecular flexibility index (Phi) is 6.08. The summed E-state index contributed by atoms with van der Waals surface area (Å²) in [6, 6.07) is 10.6. The first-order valence-electron chi connectivity index (χ1n) is 8.33. The first-order valence-corrected chi connectivity index (χ1v) is 8.33. The van der Waals surface area contributed by atoms with Crippen LogP contribution in [0, 0.1) is 13.8 Å². The largest absolute Gasteiger partial charge is 0.416 e. The van der Waals surface area contributed by atoms with E-state index in [4.69, 9.17) is 0 Å². The van der Waals surface area contributed by atoms with E-state index in [9.17, 15) is 18.0 Å². The van der Waals surface area contributed by atoms with E-state index in [0.29, 0.717) is 0 Å². The van der Waals surface area contributed by atoms with Crippen molar-refractivity contribution < 1.29 is 18.0 Å². The number of alkyl halides is 3. The van der Waals surface area contributed by atoms with Crippen LogP contribution in [0.15, 0.2) is 42.5 Å². The molecule has 2 aromatic rings. The van der Waals surface area contributed by atoms with E-state index in [2.05, 4.69) is 5.32 Å². The third-order valence-electron chi connectivity index (χ3n) is 4.51. The first kappa shape index (κ1) is 20.0. The number of hydrogen-bond donors (Lipinski definition) is 1. The minimum absolute atomic E-state index is 0.0248. The molecule has 0 radical (unpaired) electrons. The second kappa shape index (κ2) is 7.91. The zero-order valence-electron chi connectivity index (χ0n) is 15.3. The predicted molar refractivity (Wildman–Crippen MR) is 96.9 cm³/mol. The van der Waals surface area contributed by atoms with Crippen molar-refractivity contribution in [1.29, 1.82) is 0 Å². The Hall–Kier alpha value is -2.34. The van der Waals surface area contributed by atoms with Gasteiger partial charge >= 0.3 is 6.18 Å². The van der Waals surface area contributed by atoms with Crippen LogP contribution in [0.25, 0.3) is 0 Å². The Morgan fingerprint density at radius 1 is 1.08 bits per heavy atom. The molecule has 0 saturated carbocycles. The van der Waals surface area contributed by atoms with Crippen LogP contribution in [-0.4, -0.2) is 23.9 Å². The van der Waals surface area contributed by atoms with Crippen molar-refractivity contribution in [2.45, 2.75) is 39.5 Å². The van der Waals surface area contributed by atoms with Crippen LogP contribution in [0.1, 0.15) is 29.2 Å². The number of nitrogens with zero attached hydrogens (tertiary/aromatic N) is 1. The molecule has 1 unspecified atom stereocenters. The van der Waals surface area contributed by atoms with Gasteiger partial charge in [-0.2, -0.15) is 13.2 Å². The quantitative estimate of drug-likeness (QED) is 0.828.